The van der Waals surface area contributed by atoms with Gasteiger partial charge in [0.1, 0.15) is 11.5 Å². The van der Waals surface area contributed by atoms with Crippen LogP contribution in [0.15, 0.2) is 18.2 Å². The van der Waals surface area contributed by atoms with Crippen LogP contribution in [0.2, 0.25) is 5.02 Å². The molecule has 1 saturated heterocycles. The highest BCUT2D eigenvalue weighted by Gasteiger charge is 2.29. The topological polar surface area (TPSA) is 97.6 Å². The van der Waals surface area contributed by atoms with Gasteiger partial charge in [-0.1, -0.05) is 16.8 Å². The minimum absolute atomic E-state index is 0.0790. The zero-order valence-corrected chi connectivity index (χ0v) is 14.6. The molecule has 1 atom stereocenters. The van der Waals surface area contributed by atoms with E-state index in [1.54, 1.807) is 6.92 Å². The van der Waals surface area contributed by atoms with Gasteiger partial charge in [-0.15, -0.1) is 5.10 Å². The number of aromatic nitrogens is 3. The zero-order chi connectivity index (χ0) is 18.8. The summed E-state index contributed by atoms with van der Waals surface area (Å²) in [5.74, 6) is -1.98. The second-order valence-corrected chi connectivity index (χ2v) is 6.31. The molecule has 0 aliphatic carbocycles. The lowest BCUT2D eigenvalue weighted by atomic mass is 10.2. The number of ether oxygens (including phenoxy) is 1. The normalized spacial score (nSPS) is 17.3. The Morgan fingerprint density at radius 1 is 1.46 bits per heavy atom. The van der Waals surface area contributed by atoms with Crippen molar-refractivity contribution in [1.82, 2.24) is 19.9 Å². The molecule has 1 N–H and O–H groups in total. The number of benzene rings is 1. The second kappa shape index (κ2) is 7.38. The molecule has 138 valence electrons. The Morgan fingerprint density at radius 2 is 2.23 bits per heavy atom. The minimum atomic E-state index is -0.996. The fraction of sp³-hybridized carbons (Fsp3) is 0.375. The summed E-state index contributed by atoms with van der Waals surface area (Å²) < 4.78 is 20.7. The third-order valence-corrected chi connectivity index (χ3v) is 4.30. The van der Waals surface area contributed by atoms with Crippen LogP contribution in [0.25, 0.3) is 5.69 Å². The van der Waals surface area contributed by atoms with Crippen molar-refractivity contribution in [3.05, 3.63) is 40.4 Å². The van der Waals surface area contributed by atoms with Gasteiger partial charge in [-0.25, -0.2) is 9.07 Å². The van der Waals surface area contributed by atoms with Crippen LogP contribution in [0.3, 0.4) is 0 Å². The van der Waals surface area contributed by atoms with E-state index in [-0.39, 0.29) is 36.0 Å². The Balaban J connectivity index is 1.83. The summed E-state index contributed by atoms with van der Waals surface area (Å²) in [7, 11) is 0. The molecule has 0 bridgehead atoms. The average Bonchev–Trinajstić information content (AvgIpc) is 2.95. The van der Waals surface area contributed by atoms with Gasteiger partial charge in [-0.05, 0) is 25.1 Å². The Hall–Kier alpha value is -2.52. The number of carboxylic acids is 1. The predicted octanol–water partition coefficient (Wildman–Crippen LogP) is 1.68. The van der Waals surface area contributed by atoms with Gasteiger partial charge < -0.3 is 14.7 Å². The summed E-state index contributed by atoms with van der Waals surface area (Å²) in [4.78, 5) is 25.0. The van der Waals surface area contributed by atoms with E-state index in [1.807, 2.05) is 0 Å². The summed E-state index contributed by atoms with van der Waals surface area (Å²) in [6.07, 6.45) is -0.764. The van der Waals surface area contributed by atoms with Crippen molar-refractivity contribution in [2.75, 3.05) is 19.7 Å². The van der Waals surface area contributed by atoms with Gasteiger partial charge in [0.05, 0.1) is 24.8 Å². The van der Waals surface area contributed by atoms with Gasteiger partial charge in [0.15, 0.2) is 5.69 Å². The molecule has 1 aliphatic heterocycles. The number of hydrogen-bond acceptors (Lipinski definition) is 5. The molecule has 10 heteroatoms. The summed E-state index contributed by atoms with van der Waals surface area (Å²) in [5, 5.41) is 16.9. The van der Waals surface area contributed by atoms with E-state index in [2.05, 4.69) is 10.3 Å². The van der Waals surface area contributed by atoms with Crippen LogP contribution < -0.4 is 0 Å². The maximum absolute atomic E-state index is 14.1. The van der Waals surface area contributed by atoms with E-state index in [1.165, 1.54) is 21.7 Å². The van der Waals surface area contributed by atoms with Gasteiger partial charge in [0, 0.05) is 18.1 Å². The van der Waals surface area contributed by atoms with Crippen molar-refractivity contribution in [1.29, 1.82) is 0 Å². The molecule has 1 aliphatic rings. The molecule has 1 aromatic carbocycles. The van der Waals surface area contributed by atoms with Crippen LogP contribution in [-0.2, 0) is 9.53 Å². The smallest absolute Gasteiger partial charge is 0.306 e. The number of halogens is 2. The van der Waals surface area contributed by atoms with Crippen LogP contribution in [0.4, 0.5) is 4.39 Å². The van der Waals surface area contributed by atoms with E-state index >= 15 is 0 Å². The van der Waals surface area contributed by atoms with Crippen molar-refractivity contribution in [3.8, 4) is 5.69 Å². The summed E-state index contributed by atoms with van der Waals surface area (Å²) in [5.41, 5.74) is 0.581. The molecule has 1 amide bonds. The van der Waals surface area contributed by atoms with Crippen molar-refractivity contribution >= 4 is 23.5 Å². The fourth-order valence-electron chi connectivity index (χ4n) is 2.78. The van der Waals surface area contributed by atoms with Crippen molar-refractivity contribution in [3.63, 3.8) is 0 Å². The molecule has 0 radical (unpaired) electrons. The number of nitrogens with zero attached hydrogens (tertiary/aromatic N) is 4. The number of rotatable bonds is 4. The molecule has 26 heavy (non-hydrogen) atoms. The zero-order valence-electron chi connectivity index (χ0n) is 13.9. The van der Waals surface area contributed by atoms with Crippen LogP contribution in [-0.4, -0.2) is 62.7 Å². The molecule has 2 aromatic rings. The molecular weight excluding hydrogens is 367 g/mol. The molecule has 0 unspecified atom stereocenters. The third kappa shape index (κ3) is 3.68. The molecular formula is C16H16ClFN4O4. The first-order valence-corrected chi connectivity index (χ1v) is 8.25. The summed E-state index contributed by atoms with van der Waals surface area (Å²) in [6, 6.07) is 4.12. The van der Waals surface area contributed by atoms with Gasteiger partial charge in [-0.2, -0.15) is 0 Å². The summed E-state index contributed by atoms with van der Waals surface area (Å²) >= 11 is 5.75. The largest absolute Gasteiger partial charge is 0.481 e. The van der Waals surface area contributed by atoms with E-state index in [0.717, 1.165) is 6.07 Å². The lowest BCUT2D eigenvalue weighted by Gasteiger charge is -2.31. The van der Waals surface area contributed by atoms with Crippen LogP contribution in [0.1, 0.15) is 22.6 Å². The van der Waals surface area contributed by atoms with Crippen molar-refractivity contribution in [2.45, 2.75) is 19.4 Å². The maximum atomic E-state index is 14.1. The second-order valence-electron chi connectivity index (χ2n) is 5.87. The van der Waals surface area contributed by atoms with Crippen molar-refractivity contribution < 1.29 is 23.8 Å². The van der Waals surface area contributed by atoms with Crippen LogP contribution >= 0.6 is 11.6 Å². The standard InChI is InChI=1S/C16H16ClFN4O4/c1-9-15(16(25)21-4-5-26-11(8-21)7-14(23)24)19-20-22(9)13-3-2-10(17)6-12(13)18/h2-3,6,11H,4-5,7-8H2,1H3,(H,23,24)/t11-/m1/s1. The first kappa shape index (κ1) is 18.3. The van der Waals surface area contributed by atoms with Crippen LogP contribution in [0, 0.1) is 12.7 Å². The lowest BCUT2D eigenvalue weighted by Crippen LogP contribution is -2.46. The third-order valence-electron chi connectivity index (χ3n) is 4.06. The Morgan fingerprint density at radius 3 is 2.92 bits per heavy atom. The predicted molar refractivity (Wildman–Crippen MR) is 89.0 cm³/mol. The SMILES string of the molecule is Cc1c(C(=O)N2CCO[C@H](CC(=O)O)C2)nnn1-c1ccc(Cl)cc1F. The quantitative estimate of drug-likeness (QED) is 0.864. The Labute approximate surface area is 153 Å². The molecule has 3 rings (SSSR count). The Kier molecular flexibility index (Phi) is 5.19. The Bertz CT molecular complexity index is 857. The number of carbonyl (C=O) groups is 2. The summed E-state index contributed by atoms with van der Waals surface area (Å²) in [6.45, 7) is 2.31. The van der Waals surface area contributed by atoms with Gasteiger partial charge in [0.2, 0.25) is 0 Å². The van der Waals surface area contributed by atoms with Gasteiger partial charge in [-0.3, -0.25) is 9.59 Å². The number of hydrogen-bond donors (Lipinski definition) is 1. The van der Waals surface area contributed by atoms with E-state index < -0.39 is 23.8 Å². The number of aliphatic carboxylic acids is 1. The highest BCUT2D eigenvalue weighted by Crippen LogP contribution is 2.21. The molecule has 8 nitrogen and oxygen atoms in total. The van der Waals surface area contributed by atoms with E-state index in [9.17, 15) is 14.0 Å². The van der Waals surface area contributed by atoms with E-state index in [4.69, 9.17) is 21.4 Å². The number of amides is 1. The van der Waals surface area contributed by atoms with Crippen LogP contribution in [0.5, 0.6) is 0 Å². The highest BCUT2D eigenvalue weighted by molar-refractivity contribution is 6.30. The number of carbonyl (C=O) groups excluding carboxylic acids is 1. The maximum Gasteiger partial charge on any atom is 0.306 e. The fourth-order valence-corrected chi connectivity index (χ4v) is 2.94. The van der Waals surface area contributed by atoms with Gasteiger partial charge in [0.25, 0.3) is 5.91 Å². The van der Waals surface area contributed by atoms with Gasteiger partial charge >= 0.3 is 5.97 Å². The molecule has 1 aromatic heterocycles. The lowest BCUT2D eigenvalue weighted by molar-refractivity contribution is -0.141. The molecule has 2 heterocycles. The molecule has 0 spiro atoms. The average molecular weight is 383 g/mol. The number of morpholine rings is 1. The monoisotopic (exact) mass is 382 g/mol. The number of carboxylic acid groups (broad SMARTS) is 1. The van der Waals surface area contributed by atoms with E-state index in [0.29, 0.717) is 12.2 Å². The highest BCUT2D eigenvalue weighted by atomic mass is 35.5. The first-order valence-electron chi connectivity index (χ1n) is 7.87. The van der Waals surface area contributed by atoms with Crippen molar-refractivity contribution in [2.24, 2.45) is 0 Å². The minimum Gasteiger partial charge on any atom is -0.481 e. The molecule has 1 fully saturated rings. The molecule has 0 saturated carbocycles. The first-order chi connectivity index (χ1) is 12.4.